The van der Waals surface area contributed by atoms with Crippen LogP contribution in [0.4, 0.5) is 4.39 Å². The normalized spacial score (nSPS) is 11.0. The molecule has 4 aromatic rings. The number of thiophene rings is 1. The number of halogens is 1. The molecule has 0 aliphatic heterocycles. The summed E-state index contributed by atoms with van der Waals surface area (Å²) in [5.41, 5.74) is 3.28. The van der Waals surface area contributed by atoms with E-state index in [1.165, 1.54) is 41.5 Å². The van der Waals surface area contributed by atoms with Gasteiger partial charge in [-0.25, -0.2) is 9.37 Å². The summed E-state index contributed by atoms with van der Waals surface area (Å²) in [6, 6.07) is 12.6. The van der Waals surface area contributed by atoms with Crippen LogP contribution < -0.4 is 10.3 Å². The van der Waals surface area contributed by atoms with Crippen LogP contribution in [0.5, 0.6) is 5.75 Å². The maximum Gasteiger partial charge on any atom is 0.263 e. The van der Waals surface area contributed by atoms with Gasteiger partial charge in [0.2, 0.25) is 5.91 Å². The second kappa shape index (κ2) is 9.54. The van der Waals surface area contributed by atoms with Crippen LogP contribution in [0.3, 0.4) is 0 Å². The number of likely N-dealkylation sites (N-methyl/N-ethyl adjacent to an activating group) is 1. The quantitative estimate of drug-likeness (QED) is 0.399. The fourth-order valence-corrected chi connectivity index (χ4v) is 4.58. The molecule has 0 aliphatic rings. The largest absolute Gasteiger partial charge is 0.494 e. The Balaban J connectivity index is 1.59. The minimum absolute atomic E-state index is 0.141. The molecule has 4 rings (SSSR count). The molecule has 2 heterocycles. The van der Waals surface area contributed by atoms with Gasteiger partial charge < -0.3 is 9.64 Å². The zero-order valence-electron chi connectivity index (χ0n) is 18.7. The lowest BCUT2D eigenvalue weighted by Gasteiger charge is -2.21. The summed E-state index contributed by atoms with van der Waals surface area (Å²) in [6.45, 7) is 4.36. The first-order valence-electron chi connectivity index (χ1n) is 10.5. The number of hydrogen-bond donors (Lipinski definition) is 0. The molecule has 1 amide bonds. The van der Waals surface area contributed by atoms with Gasteiger partial charge in [0.1, 0.15) is 11.4 Å². The van der Waals surface area contributed by atoms with Gasteiger partial charge in [0.15, 0.2) is 11.6 Å². The smallest absolute Gasteiger partial charge is 0.263 e. The highest BCUT2D eigenvalue weighted by Gasteiger charge is 2.18. The van der Waals surface area contributed by atoms with Crippen LogP contribution in [-0.2, 0) is 17.9 Å². The van der Waals surface area contributed by atoms with Crippen molar-refractivity contribution >= 4 is 27.5 Å². The first-order chi connectivity index (χ1) is 15.9. The van der Waals surface area contributed by atoms with E-state index in [9.17, 15) is 14.0 Å². The van der Waals surface area contributed by atoms with E-state index in [1.54, 1.807) is 11.0 Å². The lowest BCUT2D eigenvalue weighted by atomic mass is 10.1. The van der Waals surface area contributed by atoms with Crippen LogP contribution in [0.25, 0.3) is 21.3 Å². The van der Waals surface area contributed by atoms with Crippen molar-refractivity contribution in [2.45, 2.75) is 26.9 Å². The fraction of sp³-hybridized carbons (Fsp3) is 0.240. The van der Waals surface area contributed by atoms with E-state index in [-0.39, 0.29) is 30.3 Å². The number of carbonyl (C=O) groups excluding carboxylic acids is 1. The van der Waals surface area contributed by atoms with Crippen LogP contribution in [-0.4, -0.2) is 34.0 Å². The Morgan fingerprint density at radius 3 is 2.64 bits per heavy atom. The van der Waals surface area contributed by atoms with E-state index < -0.39 is 5.82 Å². The molecule has 0 radical (unpaired) electrons. The molecule has 0 N–H and O–H groups in total. The Labute approximate surface area is 194 Å². The van der Waals surface area contributed by atoms with Gasteiger partial charge in [0.25, 0.3) is 5.56 Å². The summed E-state index contributed by atoms with van der Waals surface area (Å²) in [5, 5.41) is 2.44. The Hall–Kier alpha value is -3.52. The van der Waals surface area contributed by atoms with Crippen molar-refractivity contribution in [2.24, 2.45) is 0 Å². The van der Waals surface area contributed by atoms with Crippen molar-refractivity contribution in [2.75, 3.05) is 13.7 Å². The molecule has 0 unspecified atom stereocenters. The maximum absolute atomic E-state index is 14.0. The van der Waals surface area contributed by atoms with Crippen LogP contribution in [0.1, 0.15) is 18.1 Å². The van der Waals surface area contributed by atoms with E-state index in [4.69, 9.17) is 4.74 Å². The van der Waals surface area contributed by atoms with Gasteiger partial charge in [-0.1, -0.05) is 35.9 Å². The number of aryl methyl sites for hydroxylation is 1. The van der Waals surface area contributed by atoms with Crippen molar-refractivity contribution in [1.29, 1.82) is 0 Å². The van der Waals surface area contributed by atoms with Gasteiger partial charge >= 0.3 is 0 Å². The first kappa shape index (κ1) is 22.7. The minimum atomic E-state index is -0.481. The second-order valence-electron chi connectivity index (χ2n) is 7.75. The van der Waals surface area contributed by atoms with Crippen LogP contribution in [0.2, 0.25) is 0 Å². The standard InChI is InChI=1S/C25H24FN3O3S/c1-4-28(12-17-7-10-21(32-3)20(26)11-17)22(30)13-29-15-27-24-23(25(29)31)19(14-33-24)18-8-5-16(2)6-9-18/h5-11,14-15H,4,12-13H2,1-3H3. The Bertz CT molecular complexity index is 1360. The number of ether oxygens (including phenoxy) is 1. The Morgan fingerprint density at radius 2 is 1.97 bits per heavy atom. The summed E-state index contributed by atoms with van der Waals surface area (Å²) in [6.07, 6.45) is 1.42. The van der Waals surface area contributed by atoms with Crippen LogP contribution in [0.15, 0.2) is 59.0 Å². The molecule has 0 atom stereocenters. The number of carbonyl (C=O) groups is 1. The van der Waals surface area contributed by atoms with Gasteiger partial charge in [0, 0.05) is 24.0 Å². The highest BCUT2D eigenvalue weighted by Crippen LogP contribution is 2.30. The Kier molecular flexibility index (Phi) is 6.55. The van der Waals surface area contributed by atoms with Crippen LogP contribution >= 0.6 is 11.3 Å². The molecule has 0 fully saturated rings. The number of methoxy groups -OCH3 is 1. The first-order valence-corrected chi connectivity index (χ1v) is 11.4. The van der Waals surface area contributed by atoms with Crippen molar-refractivity contribution < 1.29 is 13.9 Å². The molecule has 8 heteroatoms. The molecule has 0 bridgehead atoms. The average Bonchev–Trinajstić information content (AvgIpc) is 3.25. The molecular weight excluding hydrogens is 441 g/mol. The van der Waals surface area contributed by atoms with Gasteiger partial charge in [-0.2, -0.15) is 0 Å². The lowest BCUT2D eigenvalue weighted by molar-refractivity contribution is -0.132. The summed E-state index contributed by atoms with van der Waals surface area (Å²) in [7, 11) is 1.40. The monoisotopic (exact) mass is 465 g/mol. The third-order valence-corrected chi connectivity index (χ3v) is 6.44. The zero-order chi connectivity index (χ0) is 23.5. The summed E-state index contributed by atoms with van der Waals surface area (Å²) in [4.78, 5) is 32.9. The highest BCUT2D eigenvalue weighted by atomic mass is 32.1. The number of nitrogens with zero attached hydrogens (tertiary/aromatic N) is 3. The fourth-order valence-electron chi connectivity index (χ4n) is 3.68. The number of rotatable bonds is 7. The SMILES string of the molecule is CCN(Cc1ccc(OC)c(F)c1)C(=O)Cn1cnc2scc(-c3ccc(C)cc3)c2c1=O. The Morgan fingerprint density at radius 1 is 1.21 bits per heavy atom. The molecule has 0 spiro atoms. The lowest BCUT2D eigenvalue weighted by Crippen LogP contribution is -2.36. The molecule has 2 aromatic carbocycles. The molecule has 0 saturated carbocycles. The van der Waals surface area contributed by atoms with Gasteiger partial charge in [-0.05, 0) is 37.1 Å². The van der Waals surface area contributed by atoms with Gasteiger partial charge in [-0.3, -0.25) is 14.2 Å². The maximum atomic E-state index is 14.0. The topological polar surface area (TPSA) is 64.4 Å². The highest BCUT2D eigenvalue weighted by molar-refractivity contribution is 7.17. The molecule has 33 heavy (non-hydrogen) atoms. The molecule has 0 saturated heterocycles. The molecule has 2 aromatic heterocycles. The number of fused-ring (bicyclic) bond motifs is 1. The third kappa shape index (κ3) is 4.66. The van der Waals surface area contributed by atoms with Crippen LogP contribution in [0, 0.1) is 12.7 Å². The summed E-state index contributed by atoms with van der Waals surface area (Å²) in [5.74, 6) is -0.575. The van der Waals surface area contributed by atoms with E-state index in [1.807, 2.05) is 43.5 Å². The zero-order valence-corrected chi connectivity index (χ0v) is 19.5. The number of hydrogen-bond acceptors (Lipinski definition) is 5. The number of amides is 1. The molecular formula is C25H24FN3O3S. The van der Waals surface area contributed by atoms with E-state index in [2.05, 4.69) is 4.98 Å². The predicted molar refractivity (Wildman–Crippen MR) is 128 cm³/mol. The molecule has 170 valence electrons. The average molecular weight is 466 g/mol. The van der Waals surface area contributed by atoms with E-state index in [0.717, 1.165) is 16.7 Å². The van der Waals surface area contributed by atoms with E-state index in [0.29, 0.717) is 22.3 Å². The summed E-state index contributed by atoms with van der Waals surface area (Å²) >= 11 is 1.41. The van der Waals surface area contributed by atoms with Crippen molar-refractivity contribution in [1.82, 2.24) is 14.5 Å². The van der Waals surface area contributed by atoms with Crippen molar-refractivity contribution in [3.05, 3.63) is 81.5 Å². The molecule has 0 aliphatic carbocycles. The number of aromatic nitrogens is 2. The molecule has 6 nitrogen and oxygen atoms in total. The van der Waals surface area contributed by atoms with Crippen molar-refractivity contribution in [3.63, 3.8) is 0 Å². The summed E-state index contributed by atoms with van der Waals surface area (Å²) < 4.78 is 20.3. The van der Waals surface area contributed by atoms with Gasteiger partial charge in [0.05, 0.1) is 18.8 Å². The predicted octanol–water partition coefficient (Wildman–Crippen LogP) is 4.63. The van der Waals surface area contributed by atoms with Gasteiger partial charge in [-0.15, -0.1) is 11.3 Å². The van der Waals surface area contributed by atoms with Crippen molar-refractivity contribution in [3.8, 4) is 16.9 Å². The number of benzene rings is 2. The minimum Gasteiger partial charge on any atom is -0.494 e. The van der Waals surface area contributed by atoms with E-state index >= 15 is 0 Å². The third-order valence-electron chi connectivity index (χ3n) is 5.55. The second-order valence-corrected chi connectivity index (χ2v) is 8.61.